The van der Waals surface area contributed by atoms with E-state index in [9.17, 15) is 4.79 Å². The van der Waals surface area contributed by atoms with Gasteiger partial charge in [0, 0.05) is 16.8 Å². The molecule has 0 aliphatic rings. The van der Waals surface area contributed by atoms with Gasteiger partial charge in [0.15, 0.2) is 16.7 Å². The molecule has 0 fully saturated rings. The normalized spacial score (nSPS) is 10.8. The minimum atomic E-state index is -0.0608. The molecule has 1 aromatic heterocycles. The molecule has 0 unspecified atom stereocenters. The molecule has 0 saturated heterocycles. The van der Waals surface area contributed by atoms with Crippen LogP contribution in [0.1, 0.15) is 5.56 Å². The van der Waals surface area contributed by atoms with Crippen LogP contribution in [0.3, 0.4) is 0 Å². The smallest absolute Gasteiger partial charge is 0.262 e. The number of halogens is 1. The fraction of sp³-hybridized carbons (Fsp3) is 0.200. The van der Waals surface area contributed by atoms with Crippen molar-refractivity contribution in [2.24, 2.45) is 0 Å². The first-order chi connectivity index (χ1) is 13.1. The summed E-state index contributed by atoms with van der Waals surface area (Å²) >= 11 is 5.07. The van der Waals surface area contributed by atoms with Crippen molar-refractivity contribution < 1.29 is 9.47 Å². The molecule has 7 heteroatoms. The number of aromatic nitrogens is 2. The number of ether oxygens (including phenoxy) is 2. The summed E-state index contributed by atoms with van der Waals surface area (Å²) in [6.45, 7) is 4.17. The maximum absolute atomic E-state index is 12.8. The molecule has 0 aliphatic heterocycles. The second-order valence-corrected chi connectivity index (χ2v) is 7.50. The summed E-state index contributed by atoms with van der Waals surface area (Å²) in [5.74, 6) is 1.93. The summed E-state index contributed by atoms with van der Waals surface area (Å²) < 4.78 is 13.3. The lowest BCUT2D eigenvalue weighted by Crippen LogP contribution is -2.22. The molecule has 0 N–H and O–H groups in total. The molecule has 0 saturated carbocycles. The minimum Gasteiger partial charge on any atom is -0.493 e. The molecule has 2 aromatic carbocycles. The topological polar surface area (TPSA) is 53.4 Å². The Balaban J connectivity index is 1.98. The number of thioether (sulfide) groups is 1. The number of para-hydroxylation sites is 1. The average Bonchev–Trinajstić information content (AvgIpc) is 2.69. The second kappa shape index (κ2) is 8.63. The van der Waals surface area contributed by atoms with Crippen LogP contribution in [0.4, 0.5) is 0 Å². The first-order valence-corrected chi connectivity index (χ1v) is 10.0. The highest BCUT2D eigenvalue weighted by Gasteiger charge is 2.14. The van der Waals surface area contributed by atoms with E-state index in [2.05, 4.69) is 27.5 Å². The number of methoxy groups -OCH3 is 2. The lowest BCUT2D eigenvalue weighted by molar-refractivity contribution is 0.354. The molecule has 5 nitrogen and oxygen atoms in total. The summed E-state index contributed by atoms with van der Waals surface area (Å²) in [5, 5.41) is 1.26. The highest BCUT2D eigenvalue weighted by Crippen LogP contribution is 2.36. The van der Waals surface area contributed by atoms with Gasteiger partial charge >= 0.3 is 0 Å². The van der Waals surface area contributed by atoms with Crippen LogP contribution in [-0.4, -0.2) is 23.8 Å². The van der Waals surface area contributed by atoms with E-state index in [1.165, 1.54) is 11.8 Å². The van der Waals surface area contributed by atoms with E-state index in [4.69, 9.17) is 9.47 Å². The molecule has 0 atom stereocenters. The number of allylic oxidation sites excluding steroid dienone is 1. The van der Waals surface area contributed by atoms with Gasteiger partial charge in [-0.15, -0.1) is 6.58 Å². The fourth-order valence-corrected chi connectivity index (χ4v) is 4.34. The molecular formula is C20H19BrN2O3S. The van der Waals surface area contributed by atoms with E-state index >= 15 is 0 Å². The van der Waals surface area contributed by atoms with Crippen LogP contribution in [0.15, 0.2) is 63.5 Å². The summed E-state index contributed by atoms with van der Waals surface area (Å²) in [4.78, 5) is 17.5. The zero-order valence-electron chi connectivity index (χ0n) is 15.1. The second-order valence-electron chi connectivity index (χ2n) is 5.70. The summed E-state index contributed by atoms with van der Waals surface area (Å²) in [6.07, 6.45) is 1.70. The maximum atomic E-state index is 12.8. The number of fused-ring (bicyclic) bond motifs is 1. The van der Waals surface area contributed by atoms with Gasteiger partial charge in [-0.3, -0.25) is 9.36 Å². The number of benzene rings is 2. The monoisotopic (exact) mass is 446 g/mol. The van der Waals surface area contributed by atoms with Crippen molar-refractivity contribution in [1.29, 1.82) is 0 Å². The molecule has 27 heavy (non-hydrogen) atoms. The fourth-order valence-electron chi connectivity index (χ4n) is 2.70. The van der Waals surface area contributed by atoms with Crippen LogP contribution in [0.5, 0.6) is 11.5 Å². The highest BCUT2D eigenvalue weighted by atomic mass is 79.9. The molecule has 3 rings (SSSR count). The first kappa shape index (κ1) is 19.5. The number of hydrogen-bond acceptors (Lipinski definition) is 5. The van der Waals surface area contributed by atoms with Crippen LogP contribution < -0.4 is 15.0 Å². The molecule has 3 aromatic rings. The Morgan fingerprint density at radius 2 is 1.93 bits per heavy atom. The molecule has 140 valence electrons. The summed E-state index contributed by atoms with van der Waals surface area (Å²) in [7, 11) is 3.21. The zero-order valence-corrected chi connectivity index (χ0v) is 17.5. The molecule has 0 spiro atoms. The Labute approximate surface area is 170 Å². The standard InChI is InChI=1S/C20H19BrN2O3S/c1-4-9-23-19(24)14-7-5-6-8-16(14)22-20(23)27-12-13-10-17(25-2)18(26-3)11-15(13)21/h4-8,10-11H,1,9,12H2,2-3H3. The Bertz CT molecular complexity index is 1050. The Kier molecular flexibility index (Phi) is 6.23. The Hall–Kier alpha value is -2.25. The number of rotatable bonds is 7. The maximum Gasteiger partial charge on any atom is 0.262 e. The van der Waals surface area contributed by atoms with Gasteiger partial charge in [-0.1, -0.05) is 45.9 Å². The minimum absolute atomic E-state index is 0.0608. The predicted molar refractivity (Wildman–Crippen MR) is 113 cm³/mol. The van der Waals surface area contributed by atoms with Crippen LogP contribution >= 0.6 is 27.7 Å². The summed E-state index contributed by atoms with van der Waals surface area (Å²) in [6, 6.07) is 11.2. The largest absolute Gasteiger partial charge is 0.493 e. The SMILES string of the molecule is C=CCn1c(SCc2cc(OC)c(OC)cc2Br)nc2ccccc2c1=O. The van der Waals surface area contributed by atoms with Crippen LogP contribution in [-0.2, 0) is 12.3 Å². The van der Waals surface area contributed by atoms with Gasteiger partial charge in [0.1, 0.15) is 0 Å². The van der Waals surface area contributed by atoms with Gasteiger partial charge in [0.25, 0.3) is 5.56 Å². The van der Waals surface area contributed by atoms with Crippen molar-refractivity contribution in [2.75, 3.05) is 14.2 Å². The molecule has 0 amide bonds. The molecule has 1 heterocycles. The van der Waals surface area contributed by atoms with Gasteiger partial charge in [0.05, 0.1) is 25.1 Å². The zero-order chi connectivity index (χ0) is 19.4. The highest BCUT2D eigenvalue weighted by molar-refractivity contribution is 9.10. The predicted octanol–water partition coefficient (Wildman–Crippen LogP) is 4.65. The molecule has 0 aliphatic carbocycles. The van der Waals surface area contributed by atoms with Gasteiger partial charge < -0.3 is 9.47 Å². The summed E-state index contributed by atoms with van der Waals surface area (Å²) in [5.41, 5.74) is 1.65. The lowest BCUT2D eigenvalue weighted by atomic mass is 10.2. The third-order valence-corrected chi connectivity index (χ3v) is 5.81. The van der Waals surface area contributed by atoms with Gasteiger partial charge in [0.2, 0.25) is 0 Å². The van der Waals surface area contributed by atoms with Crippen molar-refractivity contribution in [3.63, 3.8) is 0 Å². The van der Waals surface area contributed by atoms with Gasteiger partial charge in [-0.05, 0) is 29.8 Å². The van der Waals surface area contributed by atoms with E-state index < -0.39 is 0 Å². The number of nitrogens with zero attached hydrogens (tertiary/aromatic N) is 2. The molecule has 0 radical (unpaired) electrons. The third-order valence-electron chi connectivity index (χ3n) is 4.05. The molecule has 0 bridgehead atoms. The van der Waals surface area contributed by atoms with Crippen molar-refractivity contribution in [1.82, 2.24) is 9.55 Å². The third kappa shape index (κ3) is 4.04. The Morgan fingerprint density at radius 1 is 1.22 bits per heavy atom. The van der Waals surface area contributed by atoms with E-state index in [1.54, 1.807) is 30.9 Å². The first-order valence-electron chi connectivity index (χ1n) is 8.22. The van der Waals surface area contributed by atoms with Crippen molar-refractivity contribution in [3.8, 4) is 11.5 Å². The molecular weight excluding hydrogens is 428 g/mol. The van der Waals surface area contributed by atoms with Crippen molar-refractivity contribution in [3.05, 3.63) is 69.4 Å². The lowest BCUT2D eigenvalue weighted by Gasteiger charge is -2.14. The van der Waals surface area contributed by atoms with Crippen LogP contribution in [0, 0.1) is 0 Å². The van der Waals surface area contributed by atoms with Crippen LogP contribution in [0.25, 0.3) is 10.9 Å². The van der Waals surface area contributed by atoms with E-state index in [-0.39, 0.29) is 5.56 Å². The van der Waals surface area contributed by atoms with E-state index in [0.717, 1.165) is 10.0 Å². The van der Waals surface area contributed by atoms with Crippen molar-refractivity contribution >= 4 is 38.6 Å². The number of hydrogen-bond donors (Lipinski definition) is 0. The van der Waals surface area contributed by atoms with Gasteiger partial charge in [-0.2, -0.15) is 0 Å². The van der Waals surface area contributed by atoms with Gasteiger partial charge in [-0.25, -0.2) is 4.98 Å². The van der Waals surface area contributed by atoms with E-state index in [1.807, 2.05) is 30.3 Å². The van der Waals surface area contributed by atoms with E-state index in [0.29, 0.717) is 39.9 Å². The Morgan fingerprint density at radius 3 is 2.63 bits per heavy atom. The van der Waals surface area contributed by atoms with Crippen molar-refractivity contribution in [2.45, 2.75) is 17.5 Å². The van der Waals surface area contributed by atoms with Crippen LogP contribution in [0.2, 0.25) is 0 Å². The average molecular weight is 447 g/mol. The quantitative estimate of drug-likeness (QED) is 0.300.